The molecule has 0 aliphatic rings. The topological polar surface area (TPSA) is 81.1 Å². The Morgan fingerprint density at radius 1 is 1.04 bits per heavy atom. The number of para-hydroxylation sites is 2. The van der Waals surface area contributed by atoms with E-state index < -0.39 is 0 Å². The highest BCUT2D eigenvalue weighted by molar-refractivity contribution is 7.13. The van der Waals surface area contributed by atoms with E-state index in [1.807, 2.05) is 48.5 Å². The van der Waals surface area contributed by atoms with Gasteiger partial charge >= 0.3 is 0 Å². The van der Waals surface area contributed by atoms with Gasteiger partial charge in [-0.1, -0.05) is 30.3 Å². The van der Waals surface area contributed by atoms with E-state index in [4.69, 9.17) is 5.73 Å². The first-order valence-electron chi connectivity index (χ1n) is 7.30. The molecule has 2 heterocycles. The average Bonchev–Trinajstić information content (AvgIpc) is 3.02. The molecule has 0 unspecified atom stereocenters. The highest BCUT2D eigenvalue weighted by Gasteiger charge is 2.20. The number of aromatic hydroxyl groups is 1. The summed E-state index contributed by atoms with van der Waals surface area (Å²) in [6, 6.07) is 16.6. The lowest BCUT2D eigenvalue weighted by molar-refractivity contribution is 0.482. The minimum atomic E-state index is -0.331. The Bertz CT molecular complexity index is 1100. The number of pyridine rings is 1. The normalized spacial score (nSPS) is 11.0. The molecule has 0 saturated carbocycles. The first kappa shape index (κ1) is 14.5. The second kappa shape index (κ2) is 5.50. The standard InChI is InChI=1S/C18H13N3O2S/c19-18-20-13(10-24-18)15-16(22)12-8-4-5-9-14(12)21(17(15)23)11-6-2-1-3-7-11/h1-10,22H,(H2,19,20). The zero-order chi connectivity index (χ0) is 16.7. The van der Waals surface area contributed by atoms with Crippen molar-refractivity contribution in [3.63, 3.8) is 0 Å². The second-order valence-corrected chi connectivity index (χ2v) is 6.18. The van der Waals surface area contributed by atoms with Crippen molar-refractivity contribution in [3.05, 3.63) is 70.3 Å². The molecule has 0 bridgehead atoms. The number of nitrogen functional groups attached to an aromatic ring is 1. The first-order valence-corrected chi connectivity index (χ1v) is 8.18. The van der Waals surface area contributed by atoms with E-state index in [0.717, 1.165) is 5.69 Å². The lowest BCUT2D eigenvalue weighted by atomic mass is 10.1. The number of hydrogen-bond acceptors (Lipinski definition) is 5. The van der Waals surface area contributed by atoms with Gasteiger partial charge in [-0.25, -0.2) is 4.98 Å². The molecule has 0 aliphatic heterocycles. The van der Waals surface area contributed by atoms with Gasteiger partial charge in [0, 0.05) is 16.5 Å². The molecule has 6 heteroatoms. The van der Waals surface area contributed by atoms with Crippen molar-refractivity contribution in [1.82, 2.24) is 9.55 Å². The van der Waals surface area contributed by atoms with Crippen LogP contribution in [0.3, 0.4) is 0 Å². The molecule has 2 aromatic heterocycles. The summed E-state index contributed by atoms with van der Waals surface area (Å²) >= 11 is 1.23. The molecule has 5 nitrogen and oxygen atoms in total. The maximum Gasteiger partial charge on any atom is 0.268 e. The Hall–Kier alpha value is -3.12. The van der Waals surface area contributed by atoms with E-state index in [1.54, 1.807) is 16.0 Å². The Morgan fingerprint density at radius 3 is 2.46 bits per heavy atom. The summed E-state index contributed by atoms with van der Waals surface area (Å²) in [7, 11) is 0. The van der Waals surface area contributed by atoms with Crippen molar-refractivity contribution in [3.8, 4) is 22.7 Å². The summed E-state index contributed by atoms with van der Waals surface area (Å²) < 4.78 is 1.58. The summed E-state index contributed by atoms with van der Waals surface area (Å²) in [5, 5.41) is 13.3. The van der Waals surface area contributed by atoms with Gasteiger partial charge in [-0.15, -0.1) is 11.3 Å². The number of aromatic nitrogens is 2. The number of benzene rings is 2. The number of nitrogens with two attached hydrogens (primary N) is 1. The summed E-state index contributed by atoms with van der Waals surface area (Å²) in [6.07, 6.45) is 0. The summed E-state index contributed by atoms with van der Waals surface area (Å²) in [5.41, 5.74) is 7.27. The highest BCUT2D eigenvalue weighted by Crippen LogP contribution is 2.34. The third kappa shape index (κ3) is 2.16. The van der Waals surface area contributed by atoms with Crippen LogP contribution in [-0.4, -0.2) is 14.7 Å². The molecule has 0 radical (unpaired) electrons. The van der Waals surface area contributed by atoms with Crippen molar-refractivity contribution < 1.29 is 5.11 Å². The lowest BCUT2D eigenvalue weighted by Gasteiger charge is -2.14. The minimum absolute atomic E-state index is 0.0759. The molecule has 0 amide bonds. The molecule has 0 fully saturated rings. The zero-order valence-electron chi connectivity index (χ0n) is 12.5. The summed E-state index contributed by atoms with van der Waals surface area (Å²) in [4.78, 5) is 17.3. The molecule has 4 rings (SSSR count). The third-order valence-electron chi connectivity index (χ3n) is 3.85. The van der Waals surface area contributed by atoms with Gasteiger partial charge < -0.3 is 10.8 Å². The molecule has 3 N–H and O–H groups in total. The van der Waals surface area contributed by atoms with Crippen LogP contribution in [0.25, 0.3) is 27.8 Å². The Balaban J connectivity index is 2.17. The van der Waals surface area contributed by atoms with Gasteiger partial charge in [-0.3, -0.25) is 9.36 Å². The van der Waals surface area contributed by atoms with Gasteiger partial charge in [0.05, 0.1) is 11.2 Å². The van der Waals surface area contributed by atoms with Gasteiger partial charge in [-0.2, -0.15) is 0 Å². The van der Waals surface area contributed by atoms with Crippen molar-refractivity contribution >= 4 is 27.4 Å². The SMILES string of the molecule is Nc1nc(-c2c(O)c3ccccc3n(-c3ccccc3)c2=O)cs1. The maximum atomic E-state index is 13.1. The monoisotopic (exact) mass is 335 g/mol. The van der Waals surface area contributed by atoms with E-state index in [9.17, 15) is 9.90 Å². The third-order valence-corrected chi connectivity index (χ3v) is 4.52. The molecular weight excluding hydrogens is 322 g/mol. The van der Waals surface area contributed by atoms with Crippen LogP contribution in [-0.2, 0) is 0 Å². The number of anilines is 1. The molecule has 4 aromatic rings. The second-order valence-electron chi connectivity index (χ2n) is 5.29. The van der Waals surface area contributed by atoms with Crippen LogP contribution in [0, 0.1) is 0 Å². The van der Waals surface area contributed by atoms with Gasteiger partial charge in [0.1, 0.15) is 11.3 Å². The van der Waals surface area contributed by atoms with Crippen LogP contribution in [0.1, 0.15) is 0 Å². The van der Waals surface area contributed by atoms with Crippen molar-refractivity contribution in [1.29, 1.82) is 0 Å². The Labute approximate surface area is 141 Å². The predicted molar refractivity (Wildman–Crippen MR) is 96.7 cm³/mol. The van der Waals surface area contributed by atoms with Crippen LogP contribution in [0.5, 0.6) is 5.75 Å². The quantitative estimate of drug-likeness (QED) is 0.588. The van der Waals surface area contributed by atoms with Crippen LogP contribution >= 0.6 is 11.3 Å². The minimum Gasteiger partial charge on any atom is -0.506 e. The number of rotatable bonds is 2. The first-order chi connectivity index (χ1) is 11.7. The molecule has 0 atom stereocenters. The van der Waals surface area contributed by atoms with Gasteiger partial charge in [-0.05, 0) is 24.3 Å². The molecule has 118 valence electrons. The fourth-order valence-electron chi connectivity index (χ4n) is 2.79. The summed E-state index contributed by atoms with van der Waals surface area (Å²) in [5.74, 6) is -0.0759. The van der Waals surface area contributed by atoms with Crippen molar-refractivity contribution in [2.75, 3.05) is 5.73 Å². The molecule has 0 aliphatic carbocycles. The Morgan fingerprint density at radius 2 is 1.75 bits per heavy atom. The number of thiazole rings is 1. The Kier molecular flexibility index (Phi) is 3.32. The fraction of sp³-hybridized carbons (Fsp3) is 0. The van der Waals surface area contributed by atoms with Crippen molar-refractivity contribution in [2.24, 2.45) is 0 Å². The fourth-order valence-corrected chi connectivity index (χ4v) is 3.35. The van der Waals surface area contributed by atoms with E-state index in [0.29, 0.717) is 21.7 Å². The van der Waals surface area contributed by atoms with E-state index >= 15 is 0 Å². The molecule has 2 aromatic carbocycles. The van der Waals surface area contributed by atoms with Gasteiger partial charge in [0.15, 0.2) is 5.13 Å². The van der Waals surface area contributed by atoms with Gasteiger partial charge in [0.25, 0.3) is 5.56 Å². The lowest BCUT2D eigenvalue weighted by Crippen LogP contribution is -2.21. The van der Waals surface area contributed by atoms with E-state index in [2.05, 4.69) is 4.98 Å². The number of hydrogen-bond donors (Lipinski definition) is 2. The molecule has 0 spiro atoms. The van der Waals surface area contributed by atoms with Crippen LogP contribution in [0.15, 0.2) is 64.8 Å². The zero-order valence-corrected chi connectivity index (χ0v) is 13.3. The summed E-state index contributed by atoms with van der Waals surface area (Å²) in [6.45, 7) is 0. The van der Waals surface area contributed by atoms with E-state index in [-0.39, 0.29) is 16.9 Å². The van der Waals surface area contributed by atoms with Crippen LogP contribution in [0.2, 0.25) is 0 Å². The highest BCUT2D eigenvalue weighted by atomic mass is 32.1. The van der Waals surface area contributed by atoms with Crippen LogP contribution in [0.4, 0.5) is 5.13 Å². The average molecular weight is 335 g/mol. The number of nitrogens with zero attached hydrogens (tertiary/aromatic N) is 2. The largest absolute Gasteiger partial charge is 0.506 e. The maximum absolute atomic E-state index is 13.1. The molecule has 24 heavy (non-hydrogen) atoms. The van der Waals surface area contributed by atoms with Crippen LogP contribution < -0.4 is 11.3 Å². The predicted octanol–water partition coefficient (Wildman–Crippen LogP) is 3.40. The van der Waals surface area contributed by atoms with E-state index in [1.165, 1.54) is 11.3 Å². The van der Waals surface area contributed by atoms with Crippen molar-refractivity contribution in [2.45, 2.75) is 0 Å². The van der Waals surface area contributed by atoms with Gasteiger partial charge in [0.2, 0.25) is 0 Å². The smallest absolute Gasteiger partial charge is 0.268 e. The molecular formula is C18H13N3O2S. The number of fused-ring (bicyclic) bond motifs is 1. The molecule has 0 saturated heterocycles.